The second kappa shape index (κ2) is 4.31. The van der Waals surface area contributed by atoms with Gasteiger partial charge < -0.3 is 0 Å². The summed E-state index contributed by atoms with van der Waals surface area (Å²) in [6.07, 6.45) is 6.53. The molecule has 0 spiro atoms. The van der Waals surface area contributed by atoms with Crippen molar-refractivity contribution >= 4 is 19.0 Å². The molecule has 0 fully saturated rings. The molecule has 0 unspecified atom stereocenters. The lowest BCUT2D eigenvalue weighted by atomic mass is 9.84. The van der Waals surface area contributed by atoms with Gasteiger partial charge in [-0.15, -0.1) is 0 Å². The van der Waals surface area contributed by atoms with Gasteiger partial charge in [0, 0.05) is 12.0 Å². The highest BCUT2D eigenvalue weighted by molar-refractivity contribution is 6.89. The van der Waals surface area contributed by atoms with E-state index in [4.69, 9.17) is 0 Å². The van der Waals surface area contributed by atoms with Crippen LogP contribution in [-0.2, 0) is 19.3 Å². The molecule has 2 aliphatic rings. The maximum atomic E-state index is 12.5. The van der Waals surface area contributed by atoms with Crippen LogP contribution >= 0.6 is 0 Å². The predicted molar refractivity (Wildman–Crippen MR) is 83.5 cm³/mol. The van der Waals surface area contributed by atoms with Gasteiger partial charge in [-0.3, -0.25) is 4.79 Å². The maximum absolute atomic E-state index is 12.5. The molecule has 0 radical (unpaired) electrons. The minimum atomic E-state index is -1.38. The van der Waals surface area contributed by atoms with Crippen molar-refractivity contribution in [2.45, 2.75) is 65.1 Å². The third-order valence-electron chi connectivity index (χ3n) is 4.81. The number of benzene rings is 1. The zero-order valence-electron chi connectivity index (χ0n) is 12.7. The number of hydrogen-bond donors (Lipinski definition) is 0. The van der Waals surface area contributed by atoms with Gasteiger partial charge in [0.25, 0.3) is 0 Å². The van der Waals surface area contributed by atoms with Crippen molar-refractivity contribution in [2.24, 2.45) is 0 Å². The monoisotopic (exact) mass is 272 g/mol. The minimum absolute atomic E-state index is 0.430. The number of Topliss-reactive ketones (excluding diaryl/α,β-unsaturated/α-hetero) is 1. The van der Waals surface area contributed by atoms with Crippen molar-refractivity contribution < 1.29 is 4.79 Å². The summed E-state index contributed by atoms with van der Waals surface area (Å²) < 4.78 is 0. The van der Waals surface area contributed by atoms with Gasteiger partial charge in [0.05, 0.1) is 8.07 Å². The Morgan fingerprint density at radius 2 is 1.42 bits per heavy atom. The van der Waals surface area contributed by atoms with Gasteiger partial charge in [-0.25, -0.2) is 0 Å². The van der Waals surface area contributed by atoms with Gasteiger partial charge in [-0.1, -0.05) is 24.8 Å². The molecule has 0 N–H and O–H groups in total. The largest absolute Gasteiger partial charge is 0.294 e. The SMILES string of the molecule is Cc1c2c(c3c(c1[Si](C)(C)C)CCCC3=O)CCC2. The summed E-state index contributed by atoms with van der Waals surface area (Å²) in [5, 5.41) is 1.61. The molecule has 3 rings (SSSR count). The van der Waals surface area contributed by atoms with Crippen LogP contribution in [0.25, 0.3) is 0 Å². The Balaban J connectivity index is 2.38. The number of carbonyl (C=O) groups excluding carboxylic acids is 1. The summed E-state index contributed by atoms with van der Waals surface area (Å²) in [6.45, 7) is 9.60. The molecule has 1 nitrogen and oxygen atoms in total. The zero-order chi connectivity index (χ0) is 13.8. The lowest BCUT2D eigenvalue weighted by Crippen LogP contribution is -2.44. The summed E-state index contributed by atoms with van der Waals surface area (Å²) >= 11 is 0. The molecule has 0 aromatic heterocycles. The molecular weight excluding hydrogens is 248 g/mol. The van der Waals surface area contributed by atoms with Gasteiger partial charge >= 0.3 is 0 Å². The summed E-state index contributed by atoms with van der Waals surface area (Å²) in [4.78, 5) is 12.5. The van der Waals surface area contributed by atoms with E-state index in [0.29, 0.717) is 5.78 Å². The highest BCUT2D eigenvalue weighted by atomic mass is 28.3. The molecule has 102 valence electrons. The van der Waals surface area contributed by atoms with Gasteiger partial charge in [0.2, 0.25) is 0 Å². The molecule has 0 amide bonds. The molecule has 0 bridgehead atoms. The third kappa shape index (κ3) is 1.92. The Morgan fingerprint density at radius 1 is 0.842 bits per heavy atom. The van der Waals surface area contributed by atoms with Crippen molar-refractivity contribution in [1.29, 1.82) is 0 Å². The van der Waals surface area contributed by atoms with Crippen molar-refractivity contribution in [3.8, 4) is 0 Å². The van der Waals surface area contributed by atoms with Gasteiger partial charge in [-0.2, -0.15) is 0 Å². The number of fused-ring (bicyclic) bond motifs is 3. The zero-order valence-corrected chi connectivity index (χ0v) is 13.7. The van der Waals surface area contributed by atoms with Crippen LogP contribution < -0.4 is 5.19 Å². The number of ketones is 1. The predicted octanol–water partition coefficient (Wildman–Crippen LogP) is 3.55. The van der Waals surface area contributed by atoms with Crippen LogP contribution in [0.3, 0.4) is 0 Å². The first-order valence-corrected chi connectivity index (χ1v) is 11.1. The van der Waals surface area contributed by atoms with E-state index in [2.05, 4.69) is 26.6 Å². The van der Waals surface area contributed by atoms with E-state index in [-0.39, 0.29) is 0 Å². The fourth-order valence-corrected chi connectivity index (χ4v) is 6.70. The van der Waals surface area contributed by atoms with Crippen LogP contribution in [0.4, 0.5) is 0 Å². The fraction of sp³-hybridized carbons (Fsp3) is 0.588. The topological polar surface area (TPSA) is 17.1 Å². The number of carbonyl (C=O) groups is 1. The summed E-state index contributed by atoms with van der Waals surface area (Å²) in [7, 11) is -1.38. The van der Waals surface area contributed by atoms with Crippen LogP contribution in [0.15, 0.2) is 0 Å². The molecule has 0 aliphatic heterocycles. The molecule has 19 heavy (non-hydrogen) atoms. The second-order valence-corrected chi connectivity index (χ2v) is 12.2. The molecule has 2 aliphatic carbocycles. The van der Waals surface area contributed by atoms with Gasteiger partial charge in [-0.05, 0) is 61.3 Å². The Kier molecular flexibility index (Phi) is 2.97. The van der Waals surface area contributed by atoms with Crippen molar-refractivity contribution in [2.75, 3.05) is 0 Å². The lowest BCUT2D eigenvalue weighted by Gasteiger charge is -2.30. The van der Waals surface area contributed by atoms with Crippen molar-refractivity contribution in [1.82, 2.24) is 0 Å². The first-order chi connectivity index (χ1) is 8.91. The molecule has 2 heteroatoms. The van der Waals surface area contributed by atoms with E-state index >= 15 is 0 Å². The van der Waals surface area contributed by atoms with Gasteiger partial charge in [0.1, 0.15) is 0 Å². The Labute approximate surface area is 117 Å². The molecular formula is C17H24OSi. The van der Waals surface area contributed by atoms with E-state index in [1.807, 2.05) is 0 Å². The normalized spacial score (nSPS) is 18.4. The van der Waals surface area contributed by atoms with Crippen LogP contribution in [0.5, 0.6) is 0 Å². The number of rotatable bonds is 1. The second-order valence-electron chi connectivity index (χ2n) is 7.19. The van der Waals surface area contributed by atoms with Crippen molar-refractivity contribution in [3.63, 3.8) is 0 Å². The minimum Gasteiger partial charge on any atom is -0.294 e. The Morgan fingerprint density at radius 3 is 2.11 bits per heavy atom. The Hall–Kier alpha value is -0.893. The number of hydrogen-bond acceptors (Lipinski definition) is 1. The van der Waals surface area contributed by atoms with E-state index in [0.717, 1.165) is 25.7 Å². The highest BCUT2D eigenvalue weighted by Crippen LogP contribution is 2.35. The molecule has 1 aromatic carbocycles. The standard InChI is InChI=1S/C17H24OSi/c1-11-12-7-5-8-13(12)16-14(9-6-10-15(16)18)17(11)19(2,3)4/h5-10H2,1-4H3. The molecule has 0 saturated carbocycles. The molecule has 1 aromatic rings. The van der Waals surface area contributed by atoms with Crippen LogP contribution in [0.1, 0.15) is 51.9 Å². The highest BCUT2D eigenvalue weighted by Gasteiger charge is 2.33. The molecule has 0 atom stereocenters. The van der Waals surface area contributed by atoms with Crippen LogP contribution in [0.2, 0.25) is 19.6 Å². The summed E-state index contributed by atoms with van der Waals surface area (Å²) in [6, 6.07) is 0. The van der Waals surface area contributed by atoms with Crippen LogP contribution in [0, 0.1) is 6.92 Å². The Bertz CT molecular complexity index is 564. The van der Waals surface area contributed by atoms with E-state index in [1.54, 1.807) is 10.8 Å². The third-order valence-corrected chi connectivity index (χ3v) is 6.99. The summed E-state index contributed by atoms with van der Waals surface area (Å²) in [5.41, 5.74) is 7.13. The fourth-order valence-electron chi connectivity index (χ4n) is 4.27. The van der Waals surface area contributed by atoms with Crippen molar-refractivity contribution in [3.05, 3.63) is 27.8 Å². The smallest absolute Gasteiger partial charge is 0.163 e. The molecule has 0 heterocycles. The lowest BCUT2D eigenvalue weighted by molar-refractivity contribution is 0.0972. The first kappa shape index (κ1) is 13.1. The average molecular weight is 272 g/mol. The molecule has 0 saturated heterocycles. The maximum Gasteiger partial charge on any atom is 0.163 e. The van der Waals surface area contributed by atoms with E-state index < -0.39 is 8.07 Å². The summed E-state index contributed by atoms with van der Waals surface area (Å²) in [5.74, 6) is 0.430. The average Bonchev–Trinajstić information content (AvgIpc) is 2.76. The van der Waals surface area contributed by atoms with Gasteiger partial charge in [0.15, 0.2) is 5.78 Å². The van der Waals surface area contributed by atoms with E-state index in [9.17, 15) is 4.79 Å². The quantitative estimate of drug-likeness (QED) is 0.715. The van der Waals surface area contributed by atoms with E-state index in [1.165, 1.54) is 35.1 Å². The van der Waals surface area contributed by atoms with Crippen LogP contribution in [-0.4, -0.2) is 13.9 Å². The first-order valence-electron chi connectivity index (χ1n) is 7.62.